The molecule has 0 spiro atoms. The van der Waals surface area contributed by atoms with Gasteiger partial charge in [0.05, 0.1) is 5.56 Å². The van der Waals surface area contributed by atoms with Crippen LogP contribution in [0.15, 0.2) is 103 Å². The Morgan fingerprint density at radius 2 is 1.05 bits per heavy atom. The van der Waals surface area contributed by atoms with E-state index in [1.807, 2.05) is 18.2 Å². The van der Waals surface area contributed by atoms with Crippen LogP contribution in [0, 0.1) is 0 Å². The van der Waals surface area contributed by atoms with Gasteiger partial charge in [-0.15, -0.1) is 0 Å². The number of hydrogen-bond donors (Lipinski definition) is 5. The summed E-state index contributed by atoms with van der Waals surface area (Å²) < 4.78 is 0. The molecule has 0 amide bonds. The Balaban J connectivity index is 1.34. The number of fused-ring (bicyclic) bond motifs is 5. The fraction of sp³-hybridized carbons (Fsp3) is 0.0769. The average Bonchev–Trinajstić information content (AvgIpc) is 3.28. The third-order valence-electron chi connectivity index (χ3n) is 8.83. The molecule has 0 radical (unpaired) electrons. The van der Waals surface area contributed by atoms with Crippen molar-refractivity contribution in [2.24, 2.45) is 0 Å². The summed E-state index contributed by atoms with van der Waals surface area (Å²) in [6.45, 7) is 4.59. The van der Waals surface area contributed by atoms with Gasteiger partial charge in [0.1, 0.15) is 0 Å². The zero-order valence-electron chi connectivity index (χ0n) is 24.2. The highest BCUT2D eigenvalue weighted by molar-refractivity contribution is 6.09. The van der Waals surface area contributed by atoms with E-state index in [9.17, 15) is 25.5 Å². The summed E-state index contributed by atoms with van der Waals surface area (Å²) in [5, 5.41) is 54.3. The molecule has 0 bridgehead atoms. The lowest BCUT2D eigenvalue weighted by Gasteiger charge is -2.23. The first-order valence-electron chi connectivity index (χ1n) is 14.4. The average molecular weight is 579 g/mol. The van der Waals surface area contributed by atoms with Gasteiger partial charge in [-0.3, -0.25) is 0 Å². The van der Waals surface area contributed by atoms with Gasteiger partial charge in [0.25, 0.3) is 0 Å². The van der Waals surface area contributed by atoms with Crippen LogP contribution in [0.4, 0.5) is 0 Å². The lowest BCUT2D eigenvalue weighted by atomic mass is 9.80. The second-order valence-corrected chi connectivity index (χ2v) is 11.8. The number of hydrogen-bond acceptors (Lipinski definition) is 5. The molecule has 216 valence electrons. The number of rotatable bonds is 3. The van der Waals surface area contributed by atoms with Gasteiger partial charge in [-0.1, -0.05) is 111 Å². The highest BCUT2D eigenvalue weighted by Gasteiger charge is 2.36. The van der Waals surface area contributed by atoms with Crippen LogP contribution in [-0.4, -0.2) is 25.5 Å². The molecule has 5 heteroatoms. The fourth-order valence-corrected chi connectivity index (χ4v) is 6.50. The third kappa shape index (κ3) is 4.08. The van der Waals surface area contributed by atoms with E-state index < -0.39 is 28.7 Å². The summed E-state index contributed by atoms with van der Waals surface area (Å²) in [6.07, 6.45) is 3.42. The van der Waals surface area contributed by atoms with Crippen LogP contribution >= 0.6 is 0 Å². The number of benzene rings is 6. The van der Waals surface area contributed by atoms with Crippen LogP contribution in [0.2, 0.25) is 0 Å². The van der Waals surface area contributed by atoms with Gasteiger partial charge in [0.2, 0.25) is 17.2 Å². The molecule has 1 aliphatic carbocycles. The smallest absolute Gasteiger partial charge is 0.208 e. The lowest BCUT2D eigenvalue weighted by molar-refractivity contribution is 0.327. The molecule has 0 saturated carbocycles. The van der Waals surface area contributed by atoms with E-state index in [2.05, 4.69) is 92.7 Å². The molecule has 5 N–H and O–H groups in total. The Hall–Kier alpha value is -5.68. The van der Waals surface area contributed by atoms with Crippen molar-refractivity contribution in [2.45, 2.75) is 19.3 Å². The van der Waals surface area contributed by atoms with Crippen LogP contribution in [0.1, 0.15) is 36.1 Å². The molecular weight excluding hydrogens is 548 g/mol. The minimum Gasteiger partial charge on any atom is -0.504 e. The van der Waals surface area contributed by atoms with E-state index in [4.69, 9.17) is 0 Å². The van der Waals surface area contributed by atoms with E-state index >= 15 is 0 Å². The standard InChI is InChI=1S/C39H30O5/c1-39(2)31-14-8-7-13-28(31)33-27-12-6-5-11-26(27)29(21-32(33)39)23-17-15-22(16-18-23)19-24-9-3-4-10-25(24)20-30-34(40)36(42)38(44)37(43)35(30)41/h3-21,40-44H,1-2H3/b24-19+,25-20+. The van der Waals surface area contributed by atoms with Crippen LogP contribution in [-0.2, 0) is 5.41 Å². The number of phenols is 5. The zero-order chi connectivity index (χ0) is 30.7. The molecule has 1 aliphatic rings. The van der Waals surface area contributed by atoms with Crippen molar-refractivity contribution in [3.05, 3.63) is 136 Å². The predicted octanol–water partition coefficient (Wildman–Crippen LogP) is 7.00. The topological polar surface area (TPSA) is 101 Å². The maximum atomic E-state index is 10.4. The Morgan fingerprint density at radius 3 is 1.73 bits per heavy atom. The van der Waals surface area contributed by atoms with Crippen molar-refractivity contribution in [3.63, 3.8) is 0 Å². The maximum Gasteiger partial charge on any atom is 0.208 e. The SMILES string of the molecule is CC1(C)c2ccccc2-c2c1cc(-c1ccc(/C=c3\cccc\c3=C/c3c(O)c(O)c(O)c(O)c3O)cc1)c1ccccc21. The van der Waals surface area contributed by atoms with Crippen molar-refractivity contribution in [1.82, 2.24) is 0 Å². The second kappa shape index (κ2) is 9.96. The molecular formula is C39H30O5. The van der Waals surface area contributed by atoms with Crippen molar-refractivity contribution >= 4 is 22.9 Å². The van der Waals surface area contributed by atoms with E-state index in [0.29, 0.717) is 5.22 Å². The molecule has 6 aromatic rings. The van der Waals surface area contributed by atoms with E-state index in [-0.39, 0.29) is 11.0 Å². The molecule has 0 unspecified atom stereocenters. The zero-order valence-corrected chi connectivity index (χ0v) is 24.2. The first kappa shape index (κ1) is 27.2. The van der Waals surface area contributed by atoms with Gasteiger partial charge in [0, 0.05) is 5.41 Å². The molecule has 7 rings (SSSR count). The summed E-state index contributed by atoms with van der Waals surface area (Å²) in [5.41, 5.74) is 8.19. The second-order valence-electron chi connectivity index (χ2n) is 11.8. The largest absolute Gasteiger partial charge is 0.504 e. The minimum absolute atomic E-state index is 0.118. The van der Waals surface area contributed by atoms with Gasteiger partial charge < -0.3 is 25.5 Å². The van der Waals surface area contributed by atoms with E-state index in [1.165, 1.54) is 44.7 Å². The van der Waals surface area contributed by atoms with Crippen LogP contribution in [0.5, 0.6) is 28.7 Å². The molecule has 0 aliphatic heterocycles. The van der Waals surface area contributed by atoms with Gasteiger partial charge in [-0.05, 0) is 78.4 Å². The van der Waals surface area contributed by atoms with Crippen molar-refractivity contribution in [2.75, 3.05) is 0 Å². The normalized spacial score (nSPS) is 14.1. The maximum absolute atomic E-state index is 10.4. The molecule has 5 nitrogen and oxygen atoms in total. The number of aromatic hydroxyl groups is 5. The van der Waals surface area contributed by atoms with Crippen LogP contribution in [0.3, 0.4) is 0 Å². The molecule has 0 fully saturated rings. The summed E-state index contributed by atoms with van der Waals surface area (Å²) >= 11 is 0. The van der Waals surface area contributed by atoms with Gasteiger partial charge >= 0.3 is 0 Å². The summed E-state index contributed by atoms with van der Waals surface area (Å²) in [4.78, 5) is 0. The molecule has 0 heterocycles. The molecule has 0 atom stereocenters. The van der Waals surface area contributed by atoms with Gasteiger partial charge in [-0.25, -0.2) is 0 Å². The van der Waals surface area contributed by atoms with Crippen molar-refractivity contribution < 1.29 is 25.5 Å². The molecule has 0 aromatic heterocycles. The Bertz CT molecular complexity index is 2220. The Kier molecular flexibility index (Phi) is 6.15. The highest BCUT2D eigenvalue weighted by atomic mass is 16.4. The Labute approximate surface area is 254 Å². The predicted molar refractivity (Wildman–Crippen MR) is 175 cm³/mol. The number of phenolic OH excluding ortho intramolecular Hbond substituents is 5. The first-order chi connectivity index (χ1) is 21.2. The molecule has 0 saturated heterocycles. The first-order valence-corrected chi connectivity index (χ1v) is 14.4. The minimum atomic E-state index is -0.985. The molecule has 6 aromatic carbocycles. The fourth-order valence-electron chi connectivity index (χ4n) is 6.50. The lowest BCUT2D eigenvalue weighted by Crippen LogP contribution is -2.23. The quantitative estimate of drug-likeness (QED) is 0.115. The Morgan fingerprint density at radius 1 is 0.500 bits per heavy atom. The van der Waals surface area contributed by atoms with Crippen molar-refractivity contribution in [1.29, 1.82) is 0 Å². The highest BCUT2D eigenvalue weighted by Crippen LogP contribution is 2.53. The molecule has 44 heavy (non-hydrogen) atoms. The van der Waals surface area contributed by atoms with Crippen LogP contribution in [0.25, 0.3) is 45.2 Å². The summed E-state index contributed by atoms with van der Waals surface area (Å²) in [7, 11) is 0. The van der Waals surface area contributed by atoms with E-state index in [1.54, 1.807) is 12.1 Å². The summed E-state index contributed by atoms with van der Waals surface area (Å²) in [5.74, 6) is -4.26. The van der Waals surface area contributed by atoms with Gasteiger partial charge in [-0.2, -0.15) is 0 Å². The van der Waals surface area contributed by atoms with E-state index in [0.717, 1.165) is 16.3 Å². The van der Waals surface area contributed by atoms with Crippen LogP contribution < -0.4 is 10.4 Å². The van der Waals surface area contributed by atoms with Gasteiger partial charge in [0.15, 0.2) is 11.5 Å². The third-order valence-corrected chi connectivity index (χ3v) is 8.83. The monoisotopic (exact) mass is 578 g/mol. The summed E-state index contributed by atoms with van der Waals surface area (Å²) in [6, 6.07) is 35.3. The van der Waals surface area contributed by atoms with Crippen molar-refractivity contribution in [3.8, 4) is 51.0 Å².